The third-order valence-electron chi connectivity index (χ3n) is 3.24. The van der Waals surface area contributed by atoms with Gasteiger partial charge in [-0.2, -0.15) is 0 Å². The molecule has 0 aromatic carbocycles. The van der Waals surface area contributed by atoms with Crippen LogP contribution in [0.2, 0.25) is 0 Å². The van der Waals surface area contributed by atoms with Crippen LogP contribution >= 0.6 is 0 Å². The molecule has 0 amide bonds. The molecule has 2 heterocycles. The highest BCUT2D eigenvalue weighted by atomic mass is 16.5. The summed E-state index contributed by atoms with van der Waals surface area (Å²) in [6.45, 7) is 6.52. The first-order valence-electron chi connectivity index (χ1n) is 6.02. The van der Waals surface area contributed by atoms with E-state index in [0.717, 1.165) is 48.7 Å². The first kappa shape index (κ1) is 12.3. The average molecular weight is 236 g/mol. The van der Waals surface area contributed by atoms with Crippen LogP contribution in [0.15, 0.2) is 6.20 Å². The lowest BCUT2D eigenvalue weighted by Gasteiger charge is -2.14. The summed E-state index contributed by atoms with van der Waals surface area (Å²) in [7, 11) is 1.71. The van der Waals surface area contributed by atoms with Crippen LogP contribution in [0, 0.1) is 13.8 Å². The molecular formula is C13H20N2O2. The van der Waals surface area contributed by atoms with Crippen molar-refractivity contribution < 1.29 is 9.47 Å². The van der Waals surface area contributed by atoms with Gasteiger partial charge in [0.1, 0.15) is 5.75 Å². The van der Waals surface area contributed by atoms with Crippen LogP contribution in [0.5, 0.6) is 5.75 Å². The van der Waals surface area contributed by atoms with Gasteiger partial charge in [-0.3, -0.25) is 4.98 Å². The molecule has 1 aliphatic rings. The zero-order chi connectivity index (χ0) is 12.3. The second-order valence-electron chi connectivity index (χ2n) is 4.49. The number of nitrogens with one attached hydrogen (secondary N) is 1. The molecule has 1 atom stereocenters. The third-order valence-corrected chi connectivity index (χ3v) is 3.24. The Morgan fingerprint density at radius 2 is 2.35 bits per heavy atom. The van der Waals surface area contributed by atoms with Gasteiger partial charge in [-0.25, -0.2) is 0 Å². The van der Waals surface area contributed by atoms with Crippen molar-refractivity contribution in [2.24, 2.45) is 0 Å². The summed E-state index contributed by atoms with van der Waals surface area (Å²) in [4.78, 5) is 4.46. The van der Waals surface area contributed by atoms with Gasteiger partial charge in [-0.15, -0.1) is 0 Å². The van der Waals surface area contributed by atoms with Crippen molar-refractivity contribution in [2.45, 2.75) is 32.9 Å². The predicted molar refractivity (Wildman–Crippen MR) is 66.3 cm³/mol. The monoisotopic (exact) mass is 236 g/mol. The van der Waals surface area contributed by atoms with Crippen LogP contribution < -0.4 is 10.1 Å². The van der Waals surface area contributed by atoms with Gasteiger partial charge in [0.2, 0.25) is 0 Å². The molecule has 17 heavy (non-hydrogen) atoms. The fourth-order valence-corrected chi connectivity index (χ4v) is 2.19. The molecule has 4 nitrogen and oxygen atoms in total. The minimum atomic E-state index is 0.462. The maximum Gasteiger partial charge on any atom is 0.128 e. The summed E-state index contributed by atoms with van der Waals surface area (Å²) in [5.41, 5.74) is 3.26. The Morgan fingerprint density at radius 3 is 3.00 bits per heavy atom. The van der Waals surface area contributed by atoms with Crippen molar-refractivity contribution >= 4 is 0 Å². The zero-order valence-electron chi connectivity index (χ0n) is 10.7. The number of hydrogen-bond acceptors (Lipinski definition) is 4. The molecule has 0 saturated carbocycles. The highest BCUT2D eigenvalue weighted by molar-refractivity contribution is 5.40. The maximum atomic E-state index is 5.40. The topological polar surface area (TPSA) is 43.4 Å². The van der Waals surface area contributed by atoms with Crippen molar-refractivity contribution in [3.05, 3.63) is 23.0 Å². The molecular weight excluding hydrogens is 216 g/mol. The molecule has 2 rings (SSSR count). The molecule has 1 aromatic heterocycles. The molecule has 0 bridgehead atoms. The smallest absolute Gasteiger partial charge is 0.128 e. The summed E-state index contributed by atoms with van der Waals surface area (Å²) in [6, 6.07) is 0.462. The molecule has 1 aromatic rings. The number of ether oxygens (including phenoxy) is 2. The van der Waals surface area contributed by atoms with Crippen LogP contribution in [0.25, 0.3) is 0 Å². The molecule has 0 spiro atoms. The maximum absolute atomic E-state index is 5.40. The van der Waals surface area contributed by atoms with E-state index in [9.17, 15) is 0 Å². The number of pyridine rings is 1. The van der Waals surface area contributed by atoms with Gasteiger partial charge in [0.05, 0.1) is 19.4 Å². The predicted octanol–water partition coefficient (Wildman–Crippen LogP) is 1.59. The van der Waals surface area contributed by atoms with Crippen molar-refractivity contribution in [3.63, 3.8) is 0 Å². The Kier molecular flexibility index (Phi) is 3.97. The Labute approximate surface area is 102 Å². The van der Waals surface area contributed by atoms with Crippen molar-refractivity contribution in [2.75, 3.05) is 20.3 Å². The van der Waals surface area contributed by atoms with Crippen LogP contribution in [-0.2, 0) is 11.3 Å². The number of nitrogens with zero attached hydrogens (tertiary/aromatic N) is 1. The van der Waals surface area contributed by atoms with Gasteiger partial charge >= 0.3 is 0 Å². The number of hydrogen-bond donors (Lipinski definition) is 1. The zero-order valence-corrected chi connectivity index (χ0v) is 10.7. The van der Waals surface area contributed by atoms with E-state index in [1.165, 1.54) is 0 Å². The highest BCUT2D eigenvalue weighted by Gasteiger charge is 2.16. The Morgan fingerprint density at radius 1 is 1.53 bits per heavy atom. The van der Waals surface area contributed by atoms with Crippen LogP contribution in [0.1, 0.15) is 23.2 Å². The number of methoxy groups -OCH3 is 1. The largest absolute Gasteiger partial charge is 0.496 e. The lowest BCUT2D eigenvalue weighted by Crippen LogP contribution is -2.29. The summed E-state index contributed by atoms with van der Waals surface area (Å²) in [6.07, 6.45) is 2.95. The van der Waals surface area contributed by atoms with Gasteiger partial charge in [-0.1, -0.05) is 0 Å². The van der Waals surface area contributed by atoms with Crippen molar-refractivity contribution in [1.29, 1.82) is 0 Å². The van der Waals surface area contributed by atoms with E-state index in [-0.39, 0.29) is 0 Å². The van der Waals surface area contributed by atoms with Crippen molar-refractivity contribution in [1.82, 2.24) is 10.3 Å². The lowest BCUT2D eigenvalue weighted by atomic mass is 10.1. The summed E-state index contributed by atoms with van der Waals surface area (Å²) in [5.74, 6) is 0.944. The second-order valence-corrected chi connectivity index (χ2v) is 4.49. The normalized spacial score (nSPS) is 19.6. The van der Waals surface area contributed by atoms with Crippen LogP contribution in [0.4, 0.5) is 0 Å². The Bertz CT molecular complexity index is 387. The van der Waals surface area contributed by atoms with E-state index in [1.807, 2.05) is 13.1 Å². The number of aromatic nitrogens is 1. The van der Waals surface area contributed by atoms with E-state index in [0.29, 0.717) is 6.04 Å². The van der Waals surface area contributed by atoms with Crippen LogP contribution in [0.3, 0.4) is 0 Å². The van der Waals surface area contributed by atoms with Gasteiger partial charge in [-0.05, 0) is 20.3 Å². The Hall–Kier alpha value is -1.13. The summed E-state index contributed by atoms with van der Waals surface area (Å²) < 4.78 is 10.7. The minimum absolute atomic E-state index is 0.462. The summed E-state index contributed by atoms with van der Waals surface area (Å²) >= 11 is 0. The fraction of sp³-hybridized carbons (Fsp3) is 0.615. The first-order chi connectivity index (χ1) is 8.22. The molecule has 1 N–H and O–H groups in total. The van der Waals surface area contributed by atoms with Gasteiger partial charge in [0.25, 0.3) is 0 Å². The molecule has 0 radical (unpaired) electrons. The number of aryl methyl sites for hydroxylation is 1. The average Bonchev–Trinajstić information content (AvgIpc) is 2.82. The SMILES string of the molecule is COc1c(C)cnc(CNC2CCOC2)c1C. The van der Waals surface area contributed by atoms with E-state index >= 15 is 0 Å². The first-order valence-corrected chi connectivity index (χ1v) is 6.02. The van der Waals surface area contributed by atoms with Gasteiger partial charge in [0, 0.05) is 36.5 Å². The van der Waals surface area contributed by atoms with Crippen LogP contribution in [-0.4, -0.2) is 31.3 Å². The summed E-state index contributed by atoms with van der Waals surface area (Å²) in [5, 5.41) is 3.47. The molecule has 0 aliphatic carbocycles. The highest BCUT2D eigenvalue weighted by Crippen LogP contribution is 2.23. The van der Waals surface area contributed by atoms with E-state index in [1.54, 1.807) is 7.11 Å². The van der Waals surface area contributed by atoms with E-state index in [4.69, 9.17) is 9.47 Å². The number of rotatable bonds is 4. The van der Waals surface area contributed by atoms with Gasteiger partial charge in [0.15, 0.2) is 0 Å². The Balaban J connectivity index is 2.05. The van der Waals surface area contributed by atoms with Gasteiger partial charge < -0.3 is 14.8 Å². The molecule has 1 saturated heterocycles. The van der Waals surface area contributed by atoms with E-state index in [2.05, 4.69) is 17.2 Å². The molecule has 94 valence electrons. The molecule has 1 unspecified atom stereocenters. The lowest BCUT2D eigenvalue weighted by molar-refractivity contribution is 0.189. The quantitative estimate of drug-likeness (QED) is 0.862. The van der Waals surface area contributed by atoms with Crippen molar-refractivity contribution in [3.8, 4) is 5.75 Å². The molecule has 1 fully saturated rings. The third kappa shape index (κ3) is 2.76. The minimum Gasteiger partial charge on any atom is -0.496 e. The van der Waals surface area contributed by atoms with E-state index < -0.39 is 0 Å². The molecule has 4 heteroatoms. The molecule has 1 aliphatic heterocycles. The fourth-order valence-electron chi connectivity index (χ4n) is 2.19. The second kappa shape index (κ2) is 5.47. The standard InChI is InChI=1S/C13H20N2O2/c1-9-6-15-12(10(2)13(9)16-3)7-14-11-4-5-17-8-11/h6,11,14H,4-5,7-8H2,1-3H3.